The van der Waals surface area contributed by atoms with Crippen LogP contribution in [0.3, 0.4) is 0 Å². The van der Waals surface area contributed by atoms with E-state index in [-0.39, 0.29) is 5.97 Å². The lowest BCUT2D eigenvalue weighted by atomic mass is 10.2. The van der Waals surface area contributed by atoms with Crippen LogP contribution in [0.2, 0.25) is 0 Å². The minimum atomic E-state index is -0.347. The minimum absolute atomic E-state index is 0.347. The summed E-state index contributed by atoms with van der Waals surface area (Å²) >= 11 is 0. The van der Waals surface area contributed by atoms with Crippen molar-refractivity contribution in [3.8, 4) is 17.6 Å². The van der Waals surface area contributed by atoms with Gasteiger partial charge < -0.3 is 4.74 Å². The Labute approximate surface area is 130 Å². The number of rotatable bonds is 3. The second-order valence-corrected chi connectivity index (χ2v) is 4.29. The number of ether oxygens (including phenoxy) is 1. The number of carbonyl (C=O) groups is 1. The summed E-state index contributed by atoms with van der Waals surface area (Å²) in [5.41, 5.74) is 4.20. The van der Waals surface area contributed by atoms with Crippen LogP contribution in [0.4, 0.5) is 0 Å². The Balaban J connectivity index is 2.86. The molecule has 5 heteroatoms. The summed E-state index contributed by atoms with van der Waals surface area (Å²) in [5.74, 6) is 6.82. The lowest BCUT2D eigenvalue weighted by molar-refractivity contribution is -0.131. The van der Waals surface area contributed by atoms with Gasteiger partial charge in [-0.1, -0.05) is 12.0 Å². The molecule has 0 fully saturated rings. The highest BCUT2D eigenvalue weighted by Crippen LogP contribution is 2.11. The van der Waals surface area contributed by atoms with E-state index in [0.717, 1.165) is 5.56 Å². The first-order chi connectivity index (χ1) is 10.5. The van der Waals surface area contributed by atoms with E-state index >= 15 is 0 Å². The van der Waals surface area contributed by atoms with E-state index in [0.29, 0.717) is 17.3 Å². The molecule has 0 aliphatic carbocycles. The monoisotopic (exact) mass is 297 g/mol. The van der Waals surface area contributed by atoms with Crippen molar-refractivity contribution in [1.82, 2.24) is 5.43 Å². The number of benzene rings is 1. The van der Waals surface area contributed by atoms with Crippen molar-refractivity contribution >= 4 is 17.5 Å². The van der Waals surface area contributed by atoms with Gasteiger partial charge in [-0.2, -0.15) is 5.10 Å². The molecular weight excluding hydrogens is 278 g/mol. The Morgan fingerprint density at radius 2 is 1.95 bits per heavy atom. The van der Waals surface area contributed by atoms with Crippen LogP contribution in [-0.2, 0) is 4.79 Å². The van der Waals surface area contributed by atoms with E-state index in [1.54, 1.807) is 37.4 Å². The quantitative estimate of drug-likeness (QED) is 0.233. The molecule has 0 aliphatic rings. The number of allylic oxidation sites excluding steroid dienone is 2. The summed E-state index contributed by atoms with van der Waals surface area (Å²) in [4.78, 5) is 14.8. The predicted molar refractivity (Wildman–Crippen MR) is 89.0 cm³/mol. The van der Waals surface area contributed by atoms with Gasteiger partial charge in [-0.25, -0.2) is 0 Å². The molecule has 1 aromatic carbocycles. The predicted octanol–water partition coefficient (Wildman–Crippen LogP) is 2.53. The zero-order valence-electron chi connectivity index (χ0n) is 13.2. The Bertz CT molecular complexity index is 659. The zero-order valence-corrected chi connectivity index (χ0v) is 13.2. The normalized spacial score (nSPS) is 11.8. The molecule has 114 valence electrons. The highest BCUT2D eigenvalue weighted by atomic mass is 16.5. The maximum atomic E-state index is 10.8. The van der Waals surface area contributed by atoms with Crippen LogP contribution in [-0.4, -0.2) is 24.6 Å². The van der Waals surface area contributed by atoms with Crippen molar-refractivity contribution in [3.63, 3.8) is 0 Å². The average Bonchev–Trinajstić information content (AvgIpc) is 2.50. The lowest BCUT2D eigenvalue weighted by Gasteiger charge is -2.00. The number of esters is 1. The van der Waals surface area contributed by atoms with Gasteiger partial charge in [0, 0.05) is 19.5 Å². The maximum Gasteiger partial charge on any atom is 0.308 e. The fourth-order valence-electron chi connectivity index (χ4n) is 1.36. The molecule has 0 aromatic heterocycles. The molecule has 5 nitrogen and oxygen atoms in total. The van der Waals surface area contributed by atoms with Crippen molar-refractivity contribution in [2.45, 2.75) is 20.8 Å². The van der Waals surface area contributed by atoms with Crippen LogP contribution in [0.5, 0.6) is 5.75 Å². The van der Waals surface area contributed by atoms with Gasteiger partial charge in [0.1, 0.15) is 17.3 Å². The second kappa shape index (κ2) is 9.14. The van der Waals surface area contributed by atoms with Crippen LogP contribution in [0, 0.1) is 11.8 Å². The van der Waals surface area contributed by atoms with Crippen molar-refractivity contribution in [3.05, 3.63) is 42.0 Å². The Morgan fingerprint density at radius 3 is 2.50 bits per heavy atom. The number of carbonyl (C=O) groups excluding carboxylic acids is 1. The van der Waals surface area contributed by atoms with E-state index in [1.807, 2.05) is 19.9 Å². The Kier molecular flexibility index (Phi) is 7.14. The fourth-order valence-corrected chi connectivity index (χ4v) is 1.36. The van der Waals surface area contributed by atoms with Crippen molar-refractivity contribution in [2.75, 3.05) is 7.05 Å². The molecule has 0 amide bonds. The van der Waals surface area contributed by atoms with Crippen LogP contribution in [0.25, 0.3) is 0 Å². The summed E-state index contributed by atoms with van der Waals surface area (Å²) in [6.07, 6.45) is 3.66. The van der Waals surface area contributed by atoms with Gasteiger partial charge >= 0.3 is 5.97 Å². The number of amidine groups is 1. The molecule has 0 unspecified atom stereocenters. The molecule has 1 aromatic rings. The van der Waals surface area contributed by atoms with E-state index in [9.17, 15) is 4.79 Å². The Hall–Kier alpha value is -2.87. The van der Waals surface area contributed by atoms with Crippen molar-refractivity contribution in [1.29, 1.82) is 0 Å². The molecule has 0 heterocycles. The molecule has 0 spiro atoms. The van der Waals surface area contributed by atoms with Crippen LogP contribution in [0.1, 0.15) is 26.3 Å². The van der Waals surface area contributed by atoms with E-state index in [4.69, 9.17) is 4.74 Å². The standard InChI is InChI=1S/C17H19N3O2/c1-5-6-16(20-19-13(2)18-4)10-7-15-8-11-17(12-9-15)22-14(3)21/h5-6,8-9,11-12H,1-4H3,(H,18,19)/b6-5-,20-16+. The molecule has 0 aliphatic heterocycles. The van der Waals surface area contributed by atoms with Crippen LogP contribution >= 0.6 is 0 Å². The number of nitrogens with zero attached hydrogens (tertiary/aromatic N) is 2. The summed E-state index contributed by atoms with van der Waals surface area (Å²) < 4.78 is 4.97. The molecule has 1 rings (SSSR count). The maximum absolute atomic E-state index is 10.8. The zero-order chi connectivity index (χ0) is 16.4. The van der Waals surface area contributed by atoms with Gasteiger partial charge in [-0.05, 0) is 50.1 Å². The van der Waals surface area contributed by atoms with Gasteiger partial charge in [0.25, 0.3) is 0 Å². The average molecular weight is 297 g/mol. The van der Waals surface area contributed by atoms with Crippen LogP contribution in [0.15, 0.2) is 46.5 Å². The third-order valence-electron chi connectivity index (χ3n) is 2.45. The van der Waals surface area contributed by atoms with Gasteiger partial charge in [0.15, 0.2) is 0 Å². The molecule has 0 radical (unpaired) electrons. The molecule has 22 heavy (non-hydrogen) atoms. The van der Waals surface area contributed by atoms with E-state index in [2.05, 4.69) is 27.4 Å². The second-order valence-electron chi connectivity index (χ2n) is 4.29. The van der Waals surface area contributed by atoms with E-state index in [1.165, 1.54) is 6.92 Å². The first-order valence-electron chi connectivity index (χ1n) is 6.75. The number of nitrogens with one attached hydrogen (secondary N) is 1. The molecule has 1 N–H and O–H groups in total. The van der Waals surface area contributed by atoms with Gasteiger partial charge in [-0.15, -0.1) is 0 Å². The summed E-state index contributed by atoms with van der Waals surface area (Å²) in [5, 5.41) is 4.16. The largest absolute Gasteiger partial charge is 0.427 e. The highest BCUT2D eigenvalue weighted by Gasteiger charge is 1.97. The van der Waals surface area contributed by atoms with Crippen LogP contribution < -0.4 is 10.2 Å². The van der Waals surface area contributed by atoms with Crippen molar-refractivity contribution in [2.24, 2.45) is 10.1 Å². The molecule has 0 atom stereocenters. The number of hydrogen-bond donors (Lipinski definition) is 1. The molecule has 0 saturated heterocycles. The number of hydrazone groups is 1. The summed E-state index contributed by atoms with van der Waals surface area (Å²) in [6, 6.07) is 6.96. The summed E-state index contributed by atoms with van der Waals surface area (Å²) in [6.45, 7) is 5.08. The number of aliphatic imine (C=N–C) groups is 1. The van der Waals surface area contributed by atoms with Gasteiger partial charge in [0.05, 0.1) is 0 Å². The molecule has 0 saturated carbocycles. The van der Waals surface area contributed by atoms with Gasteiger partial charge in [0.2, 0.25) is 0 Å². The first kappa shape index (κ1) is 17.2. The minimum Gasteiger partial charge on any atom is -0.427 e. The Morgan fingerprint density at radius 1 is 1.27 bits per heavy atom. The highest BCUT2D eigenvalue weighted by molar-refractivity contribution is 6.09. The van der Waals surface area contributed by atoms with Gasteiger partial charge in [-0.3, -0.25) is 15.2 Å². The molecule has 0 bridgehead atoms. The third kappa shape index (κ3) is 6.53. The molecular formula is C17H19N3O2. The summed E-state index contributed by atoms with van der Waals surface area (Å²) in [7, 11) is 1.68. The topological polar surface area (TPSA) is 63.0 Å². The first-order valence-corrected chi connectivity index (χ1v) is 6.75. The lowest BCUT2D eigenvalue weighted by Crippen LogP contribution is -2.15. The fraction of sp³-hybridized carbons (Fsp3) is 0.235. The smallest absolute Gasteiger partial charge is 0.308 e. The number of hydrogen-bond acceptors (Lipinski definition) is 4. The van der Waals surface area contributed by atoms with E-state index < -0.39 is 0 Å². The SMILES string of the molecule is C/C=C\C(C#Cc1ccc(OC(C)=O)cc1)=N/NC(C)=NC. The third-order valence-corrected chi connectivity index (χ3v) is 2.45. The van der Waals surface area contributed by atoms with Crippen molar-refractivity contribution < 1.29 is 9.53 Å².